The van der Waals surface area contributed by atoms with Crippen LogP contribution in [0.5, 0.6) is 11.5 Å². The van der Waals surface area contributed by atoms with E-state index < -0.39 is 0 Å². The summed E-state index contributed by atoms with van der Waals surface area (Å²) >= 11 is 0. The Hall–Kier alpha value is -2.37. The van der Waals surface area contributed by atoms with E-state index in [4.69, 9.17) is 14.2 Å². The van der Waals surface area contributed by atoms with Gasteiger partial charge in [-0.25, -0.2) is 0 Å². The first-order valence-electron chi connectivity index (χ1n) is 11.8. The van der Waals surface area contributed by atoms with E-state index in [0.717, 1.165) is 48.4 Å². The Bertz CT molecular complexity index is 1010. The molecule has 5 nitrogen and oxygen atoms in total. The van der Waals surface area contributed by atoms with Gasteiger partial charge in [-0.2, -0.15) is 0 Å². The molecule has 3 aliphatic rings. The molecule has 5 heteroatoms. The van der Waals surface area contributed by atoms with E-state index in [1.807, 2.05) is 24.3 Å². The Balaban J connectivity index is 1.64. The van der Waals surface area contributed by atoms with Gasteiger partial charge < -0.3 is 19.1 Å². The van der Waals surface area contributed by atoms with Crippen LogP contribution < -0.4 is 9.47 Å². The quantitative estimate of drug-likeness (QED) is 0.677. The number of carbonyl (C=O) groups excluding carboxylic acids is 1. The second kappa shape index (κ2) is 8.20. The van der Waals surface area contributed by atoms with E-state index in [1.54, 1.807) is 7.11 Å². The first-order valence-corrected chi connectivity index (χ1v) is 11.8. The van der Waals surface area contributed by atoms with Crippen molar-refractivity contribution in [3.8, 4) is 11.5 Å². The number of ketones is 1. The molecule has 2 aromatic carbocycles. The summed E-state index contributed by atoms with van der Waals surface area (Å²) in [5.41, 5.74) is 2.77. The molecular formula is C27H33NO4. The average molecular weight is 436 g/mol. The van der Waals surface area contributed by atoms with Crippen molar-refractivity contribution < 1.29 is 19.0 Å². The molecule has 2 fully saturated rings. The molecule has 5 rings (SSSR count). The van der Waals surface area contributed by atoms with Crippen LogP contribution in [0.2, 0.25) is 0 Å². The maximum Gasteiger partial charge on any atom is 0.164 e. The lowest BCUT2D eigenvalue weighted by Gasteiger charge is -2.64. The van der Waals surface area contributed by atoms with Gasteiger partial charge in [-0.3, -0.25) is 4.79 Å². The molecule has 2 bridgehead atoms. The van der Waals surface area contributed by atoms with Crippen molar-refractivity contribution in [1.29, 1.82) is 0 Å². The standard InChI is InChI=1S/C27H33NO4/c1-4-32-27-13-12-21(29)17-26(27)14-15-28(2)23(27)16-20-10-11-22(25(30-3)24(20)26)31-18-19-8-6-5-7-9-19/h5-11,23H,4,12-18H2,1-3H3/t23-,26-,27+/m0/s1. The van der Waals surface area contributed by atoms with Gasteiger partial charge in [-0.15, -0.1) is 0 Å². The average Bonchev–Trinajstić information content (AvgIpc) is 2.81. The van der Waals surface area contributed by atoms with Crippen molar-refractivity contribution in [2.45, 2.75) is 62.7 Å². The highest BCUT2D eigenvalue weighted by atomic mass is 16.5. The minimum atomic E-state index is -0.374. The van der Waals surface area contributed by atoms with Crippen LogP contribution in [0.4, 0.5) is 0 Å². The van der Waals surface area contributed by atoms with Crippen LogP contribution in [0, 0.1) is 0 Å². The Morgan fingerprint density at radius 3 is 2.69 bits per heavy atom. The summed E-state index contributed by atoms with van der Waals surface area (Å²) in [5.74, 6) is 1.85. The molecule has 1 saturated carbocycles. The monoisotopic (exact) mass is 435 g/mol. The van der Waals surface area contributed by atoms with Gasteiger partial charge in [0.15, 0.2) is 11.5 Å². The number of benzene rings is 2. The lowest BCUT2D eigenvalue weighted by molar-refractivity contribution is -0.194. The number of hydrogen-bond acceptors (Lipinski definition) is 5. The molecule has 2 aliphatic carbocycles. The molecule has 0 aromatic heterocycles. The maximum atomic E-state index is 12.9. The van der Waals surface area contributed by atoms with E-state index in [1.165, 1.54) is 5.56 Å². The summed E-state index contributed by atoms with van der Waals surface area (Å²) in [6.45, 7) is 4.14. The third-order valence-corrected chi connectivity index (χ3v) is 7.99. The highest BCUT2D eigenvalue weighted by molar-refractivity contribution is 5.83. The molecule has 1 heterocycles. The summed E-state index contributed by atoms with van der Waals surface area (Å²) in [6.07, 6.45) is 3.66. The number of Topliss-reactive ketones (excluding diaryl/α,β-unsaturated/α-hetero) is 1. The molecule has 2 aromatic rings. The molecule has 0 unspecified atom stereocenters. The minimum absolute atomic E-state index is 0.262. The largest absolute Gasteiger partial charge is 0.493 e. The number of rotatable bonds is 6. The second-order valence-electron chi connectivity index (χ2n) is 9.48. The van der Waals surface area contributed by atoms with E-state index in [0.29, 0.717) is 31.8 Å². The molecule has 1 aliphatic heterocycles. The highest BCUT2D eigenvalue weighted by Gasteiger charge is 2.66. The van der Waals surface area contributed by atoms with Crippen molar-refractivity contribution in [3.63, 3.8) is 0 Å². The molecule has 1 saturated heterocycles. The van der Waals surface area contributed by atoms with Crippen LogP contribution in [0.1, 0.15) is 49.3 Å². The van der Waals surface area contributed by atoms with Crippen LogP contribution in [0.3, 0.4) is 0 Å². The van der Waals surface area contributed by atoms with Crippen LogP contribution >= 0.6 is 0 Å². The highest BCUT2D eigenvalue weighted by Crippen LogP contribution is 2.62. The molecule has 32 heavy (non-hydrogen) atoms. The van der Waals surface area contributed by atoms with Crippen LogP contribution in [0.15, 0.2) is 42.5 Å². The van der Waals surface area contributed by atoms with Crippen molar-refractivity contribution in [3.05, 3.63) is 59.2 Å². The summed E-state index contributed by atoms with van der Waals surface area (Å²) in [7, 11) is 3.92. The molecule has 0 N–H and O–H groups in total. The molecule has 170 valence electrons. The normalized spacial score (nSPS) is 29.2. The first kappa shape index (κ1) is 21.5. The van der Waals surface area contributed by atoms with Crippen molar-refractivity contribution >= 4 is 5.78 Å². The van der Waals surface area contributed by atoms with Gasteiger partial charge in [0, 0.05) is 36.5 Å². The first-order chi connectivity index (χ1) is 15.5. The smallest absolute Gasteiger partial charge is 0.164 e. The number of methoxy groups -OCH3 is 1. The van der Waals surface area contributed by atoms with Crippen LogP contribution in [-0.4, -0.2) is 49.6 Å². The van der Waals surface area contributed by atoms with Gasteiger partial charge >= 0.3 is 0 Å². The fourth-order valence-corrected chi connectivity index (χ4v) is 6.67. The fourth-order valence-electron chi connectivity index (χ4n) is 6.67. The molecular weight excluding hydrogens is 402 g/mol. The Kier molecular flexibility index (Phi) is 5.50. The zero-order valence-corrected chi connectivity index (χ0v) is 19.4. The minimum Gasteiger partial charge on any atom is -0.493 e. The predicted octanol–water partition coefficient (Wildman–Crippen LogP) is 4.30. The zero-order chi connectivity index (χ0) is 22.3. The van der Waals surface area contributed by atoms with E-state index in [9.17, 15) is 4.79 Å². The number of nitrogens with zero attached hydrogens (tertiary/aromatic N) is 1. The van der Waals surface area contributed by atoms with E-state index in [-0.39, 0.29) is 17.1 Å². The Labute approximate surface area is 190 Å². The summed E-state index contributed by atoms with van der Waals surface area (Å²) in [5, 5.41) is 0. The number of ether oxygens (including phenoxy) is 3. The number of carbonyl (C=O) groups is 1. The van der Waals surface area contributed by atoms with Crippen molar-refractivity contribution in [2.75, 3.05) is 27.3 Å². The topological polar surface area (TPSA) is 48.0 Å². The van der Waals surface area contributed by atoms with Crippen molar-refractivity contribution in [1.82, 2.24) is 4.90 Å². The lowest BCUT2D eigenvalue weighted by Crippen LogP contribution is -2.73. The van der Waals surface area contributed by atoms with Gasteiger partial charge in [-0.1, -0.05) is 36.4 Å². The summed E-state index contributed by atoms with van der Waals surface area (Å²) in [4.78, 5) is 15.3. The Morgan fingerprint density at radius 1 is 1.12 bits per heavy atom. The number of likely N-dealkylation sites (tertiary alicyclic amines) is 1. The van der Waals surface area contributed by atoms with Gasteiger partial charge in [0.25, 0.3) is 0 Å². The lowest BCUT2D eigenvalue weighted by atomic mass is 9.49. The predicted molar refractivity (Wildman–Crippen MR) is 123 cm³/mol. The number of fused-ring (bicyclic) bond motifs is 1. The van der Waals surface area contributed by atoms with Crippen LogP contribution in [-0.2, 0) is 28.0 Å². The number of likely N-dealkylation sites (N-methyl/N-ethyl adjacent to an activating group) is 1. The molecule has 0 spiro atoms. The third kappa shape index (κ3) is 3.09. The van der Waals surface area contributed by atoms with Crippen LogP contribution in [0.25, 0.3) is 0 Å². The van der Waals surface area contributed by atoms with Gasteiger partial charge in [0.2, 0.25) is 0 Å². The van der Waals surface area contributed by atoms with Gasteiger partial charge in [0.05, 0.1) is 12.7 Å². The van der Waals surface area contributed by atoms with E-state index >= 15 is 0 Å². The number of piperidine rings is 1. The molecule has 0 radical (unpaired) electrons. The summed E-state index contributed by atoms with van der Waals surface area (Å²) < 4.78 is 19.0. The second-order valence-corrected chi connectivity index (χ2v) is 9.48. The third-order valence-electron chi connectivity index (χ3n) is 7.99. The molecule has 3 atom stereocenters. The van der Waals surface area contributed by atoms with E-state index in [2.05, 4.69) is 37.1 Å². The maximum absolute atomic E-state index is 12.9. The van der Waals surface area contributed by atoms with Gasteiger partial charge in [-0.05, 0) is 57.0 Å². The SMILES string of the molecule is CCO[C@@]12CCC(=O)C[C@]13CCN(C)[C@H]2Cc1ccc(OCc2ccccc2)c(OC)c13. The number of hydrogen-bond donors (Lipinski definition) is 0. The van der Waals surface area contributed by atoms with Gasteiger partial charge in [0.1, 0.15) is 12.4 Å². The Morgan fingerprint density at radius 2 is 1.94 bits per heavy atom. The molecule has 0 amide bonds. The summed E-state index contributed by atoms with van der Waals surface area (Å²) in [6, 6.07) is 14.6. The van der Waals surface area contributed by atoms with Crippen molar-refractivity contribution in [2.24, 2.45) is 0 Å². The zero-order valence-electron chi connectivity index (χ0n) is 19.4. The fraction of sp³-hybridized carbons (Fsp3) is 0.519.